The number of carbonyl (C=O) groups excluding carboxylic acids is 1. The number of methoxy groups -OCH3 is 1. The van der Waals surface area contributed by atoms with Gasteiger partial charge in [-0.25, -0.2) is 4.68 Å². The van der Waals surface area contributed by atoms with Gasteiger partial charge in [-0.2, -0.15) is 5.10 Å². The van der Waals surface area contributed by atoms with E-state index in [1.165, 1.54) is 4.68 Å². The Kier molecular flexibility index (Phi) is 4.38. The molecule has 3 N–H and O–H groups in total. The summed E-state index contributed by atoms with van der Waals surface area (Å²) in [5.41, 5.74) is 2.17. The highest BCUT2D eigenvalue weighted by Crippen LogP contribution is 2.25. The molecule has 0 fully saturated rings. The van der Waals surface area contributed by atoms with Gasteiger partial charge in [0.25, 0.3) is 0 Å². The minimum Gasteiger partial charge on any atom is -0.549 e. The second-order valence-electron chi connectivity index (χ2n) is 4.73. The number of aromatic nitrogens is 5. The van der Waals surface area contributed by atoms with Crippen LogP contribution in [0, 0.1) is 0 Å². The summed E-state index contributed by atoms with van der Waals surface area (Å²) in [6, 6.07) is 9.22. The van der Waals surface area contributed by atoms with E-state index >= 15 is 0 Å². The molecular weight excluding hydrogens is 332 g/mol. The summed E-state index contributed by atoms with van der Waals surface area (Å²) in [5, 5.41) is 25.7. The van der Waals surface area contributed by atoms with Crippen molar-refractivity contribution in [1.82, 2.24) is 25.1 Å². The average molecular weight is 345 g/mol. The van der Waals surface area contributed by atoms with E-state index in [9.17, 15) is 9.90 Å². The molecule has 2 heterocycles. The van der Waals surface area contributed by atoms with Gasteiger partial charge in [0.1, 0.15) is 11.4 Å². The number of carboxylic acids is 1. The normalized spacial score (nSPS) is 10.7. The van der Waals surface area contributed by atoms with Gasteiger partial charge < -0.3 is 20.5 Å². The third-order valence-electron chi connectivity index (χ3n) is 3.19. The number of aromatic amines is 1. The molecule has 0 saturated heterocycles. The van der Waals surface area contributed by atoms with Crippen LogP contribution < -0.4 is 15.7 Å². The van der Waals surface area contributed by atoms with Crippen LogP contribution in [0.3, 0.4) is 0 Å². The fraction of sp³-hybridized carbons (Fsp3) is 0.143. The van der Waals surface area contributed by atoms with Crippen LogP contribution in [0.5, 0.6) is 5.75 Å². The third-order valence-corrected chi connectivity index (χ3v) is 4.10. The quantitative estimate of drug-likeness (QED) is 0.467. The third kappa shape index (κ3) is 3.18. The van der Waals surface area contributed by atoms with Gasteiger partial charge in [-0.1, -0.05) is 11.8 Å². The average Bonchev–Trinajstić information content (AvgIpc) is 3.20. The molecule has 24 heavy (non-hydrogen) atoms. The first kappa shape index (κ1) is 15.9. The lowest BCUT2D eigenvalue weighted by Gasteiger charge is -2.02. The summed E-state index contributed by atoms with van der Waals surface area (Å²) in [4.78, 5) is 10.5. The fourth-order valence-corrected chi connectivity index (χ4v) is 2.60. The molecule has 0 atom stereocenters. The second kappa shape index (κ2) is 6.62. The maximum absolute atomic E-state index is 10.5. The number of carboxylic acid groups (broad SMARTS) is 1. The summed E-state index contributed by atoms with van der Waals surface area (Å²) in [6.07, 6.45) is 0. The molecule has 0 amide bonds. The van der Waals surface area contributed by atoms with Gasteiger partial charge in [0, 0.05) is 11.3 Å². The van der Waals surface area contributed by atoms with E-state index in [-0.39, 0.29) is 10.9 Å². The first-order chi connectivity index (χ1) is 11.6. The van der Waals surface area contributed by atoms with Crippen molar-refractivity contribution in [2.24, 2.45) is 0 Å². The highest BCUT2D eigenvalue weighted by Gasteiger charge is 2.15. The number of H-pyrrole nitrogens is 1. The van der Waals surface area contributed by atoms with Crippen LogP contribution in [-0.2, 0) is 4.79 Å². The van der Waals surface area contributed by atoms with E-state index < -0.39 is 5.97 Å². The summed E-state index contributed by atoms with van der Waals surface area (Å²) >= 11 is 0.932. The first-order valence-electron chi connectivity index (χ1n) is 6.82. The van der Waals surface area contributed by atoms with Gasteiger partial charge in [0.2, 0.25) is 11.0 Å². The monoisotopic (exact) mass is 345 g/mol. The first-order valence-corrected chi connectivity index (χ1v) is 7.80. The predicted octanol–water partition coefficient (Wildman–Crippen LogP) is -0.100. The maximum Gasteiger partial charge on any atom is 0.210 e. The number of nitrogens with zero attached hydrogens (tertiary/aromatic N) is 4. The number of benzene rings is 1. The number of ether oxygens (including phenoxy) is 1. The van der Waals surface area contributed by atoms with Crippen molar-refractivity contribution >= 4 is 17.7 Å². The summed E-state index contributed by atoms with van der Waals surface area (Å²) in [7, 11) is 1.60. The summed E-state index contributed by atoms with van der Waals surface area (Å²) < 4.78 is 6.33. The molecule has 0 aliphatic carbocycles. The predicted molar refractivity (Wildman–Crippen MR) is 85.5 cm³/mol. The summed E-state index contributed by atoms with van der Waals surface area (Å²) in [5.74, 6) is 5.55. The lowest BCUT2D eigenvalue weighted by molar-refractivity contribution is -0.301. The zero-order chi connectivity index (χ0) is 17.1. The zero-order valence-electron chi connectivity index (χ0n) is 12.6. The zero-order valence-corrected chi connectivity index (χ0v) is 13.4. The van der Waals surface area contributed by atoms with E-state index in [1.807, 2.05) is 24.3 Å². The Morgan fingerprint density at radius 3 is 2.79 bits per heavy atom. The molecule has 0 unspecified atom stereocenters. The Hall–Kier alpha value is -3.01. The van der Waals surface area contributed by atoms with Crippen molar-refractivity contribution in [2.75, 3.05) is 18.7 Å². The van der Waals surface area contributed by atoms with Crippen molar-refractivity contribution < 1.29 is 14.6 Å². The SMILES string of the molecule is COc1ccc(-c2cc(-c3nnc(SCC(=O)[O-])n3N)[nH]n2)cc1. The number of thioether (sulfide) groups is 1. The maximum atomic E-state index is 10.5. The van der Waals surface area contributed by atoms with Gasteiger partial charge in [-0.3, -0.25) is 5.10 Å². The number of nitrogens with two attached hydrogens (primary N) is 1. The highest BCUT2D eigenvalue weighted by atomic mass is 32.2. The number of hydrogen-bond donors (Lipinski definition) is 2. The van der Waals surface area contributed by atoms with Crippen LogP contribution >= 0.6 is 11.8 Å². The number of carbonyl (C=O) groups is 1. The van der Waals surface area contributed by atoms with Crippen molar-refractivity contribution in [1.29, 1.82) is 0 Å². The molecule has 3 aromatic rings. The minimum atomic E-state index is -1.20. The molecule has 0 aliphatic heterocycles. The molecule has 1 aromatic carbocycles. The van der Waals surface area contributed by atoms with E-state index in [0.717, 1.165) is 23.1 Å². The lowest BCUT2D eigenvalue weighted by atomic mass is 10.1. The number of aliphatic carboxylic acids is 1. The molecular formula is C14H13N6O3S-. The molecule has 0 spiro atoms. The van der Waals surface area contributed by atoms with Crippen LogP contribution in [0.4, 0.5) is 0 Å². The largest absolute Gasteiger partial charge is 0.549 e. The van der Waals surface area contributed by atoms with Crippen molar-refractivity contribution in [2.45, 2.75) is 5.16 Å². The van der Waals surface area contributed by atoms with E-state index in [4.69, 9.17) is 10.6 Å². The van der Waals surface area contributed by atoms with E-state index in [0.29, 0.717) is 17.2 Å². The van der Waals surface area contributed by atoms with Crippen molar-refractivity contribution in [3.63, 3.8) is 0 Å². The standard InChI is InChI=1S/C14H14N6O3S/c1-23-9-4-2-8(3-5-9)10-6-11(17-16-10)13-18-19-14(20(13)15)24-7-12(21)22/h2-6H,7,15H2,1H3,(H,16,17)(H,21,22)/p-1. The van der Waals surface area contributed by atoms with Gasteiger partial charge in [-0.05, 0) is 30.3 Å². The molecule has 0 saturated carbocycles. The molecule has 3 rings (SSSR count). The Bertz CT molecular complexity index is 858. The van der Waals surface area contributed by atoms with Crippen molar-refractivity contribution in [3.8, 4) is 28.5 Å². The van der Waals surface area contributed by atoms with Gasteiger partial charge in [0.15, 0.2) is 0 Å². The smallest absolute Gasteiger partial charge is 0.210 e. The summed E-state index contributed by atoms with van der Waals surface area (Å²) in [6.45, 7) is 0. The Labute approximate surface area is 140 Å². The van der Waals surface area contributed by atoms with Crippen LogP contribution in [-0.4, -0.2) is 43.9 Å². The number of nitrogens with one attached hydrogen (secondary N) is 1. The van der Waals surface area contributed by atoms with E-state index in [1.54, 1.807) is 13.2 Å². The number of hydrogen-bond acceptors (Lipinski definition) is 8. The van der Waals surface area contributed by atoms with Crippen LogP contribution in [0.2, 0.25) is 0 Å². The molecule has 0 bridgehead atoms. The molecule has 0 aliphatic rings. The topological polar surface area (TPSA) is 135 Å². The van der Waals surface area contributed by atoms with Gasteiger partial charge >= 0.3 is 0 Å². The minimum absolute atomic E-state index is 0.255. The van der Waals surface area contributed by atoms with Crippen molar-refractivity contribution in [3.05, 3.63) is 30.3 Å². The van der Waals surface area contributed by atoms with Crippen LogP contribution in [0.25, 0.3) is 22.8 Å². The Morgan fingerprint density at radius 2 is 2.12 bits per heavy atom. The molecule has 9 nitrogen and oxygen atoms in total. The van der Waals surface area contributed by atoms with E-state index in [2.05, 4.69) is 20.4 Å². The second-order valence-corrected chi connectivity index (χ2v) is 5.67. The van der Waals surface area contributed by atoms with Crippen LogP contribution in [0.15, 0.2) is 35.5 Å². The van der Waals surface area contributed by atoms with Crippen LogP contribution in [0.1, 0.15) is 0 Å². The molecule has 0 radical (unpaired) electrons. The molecule has 10 heteroatoms. The number of nitrogen functional groups attached to an aromatic ring is 1. The lowest BCUT2D eigenvalue weighted by Crippen LogP contribution is -2.24. The molecule has 2 aromatic heterocycles. The Balaban J connectivity index is 1.83. The highest BCUT2D eigenvalue weighted by molar-refractivity contribution is 7.99. The number of rotatable bonds is 6. The molecule has 124 valence electrons. The fourth-order valence-electron chi connectivity index (χ4n) is 2.03. The Morgan fingerprint density at radius 1 is 1.38 bits per heavy atom. The van der Waals surface area contributed by atoms with Gasteiger partial charge in [0.05, 0.1) is 18.8 Å². The van der Waals surface area contributed by atoms with Gasteiger partial charge in [-0.15, -0.1) is 10.2 Å².